The topological polar surface area (TPSA) is 101 Å². The van der Waals surface area contributed by atoms with Gasteiger partial charge in [0.05, 0.1) is 11.1 Å². The first-order valence-corrected chi connectivity index (χ1v) is 10.0. The van der Waals surface area contributed by atoms with Gasteiger partial charge in [0, 0.05) is 44.9 Å². The summed E-state index contributed by atoms with van der Waals surface area (Å²) >= 11 is 0. The zero-order valence-corrected chi connectivity index (χ0v) is 16.8. The van der Waals surface area contributed by atoms with Gasteiger partial charge in [-0.2, -0.15) is 5.23 Å². The summed E-state index contributed by atoms with van der Waals surface area (Å²) in [6.07, 6.45) is 1.59. The number of ether oxygens (including phenoxy) is 1. The summed E-state index contributed by atoms with van der Waals surface area (Å²) in [7, 11) is 0. The lowest BCUT2D eigenvalue weighted by atomic mass is 10.0. The van der Waals surface area contributed by atoms with Gasteiger partial charge >= 0.3 is 0 Å². The molecule has 0 radical (unpaired) electrons. The van der Waals surface area contributed by atoms with E-state index in [1.54, 1.807) is 30.3 Å². The molecule has 1 unspecified atom stereocenters. The average molecular weight is 411 g/mol. The molecule has 0 amide bonds. The Morgan fingerprint density at radius 3 is 2.40 bits per heavy atom. The molecule has 2 heterocycles. The van der Waals surface area contributed by atoms with Crippen LogP contribution in [-0.4, -0.2) is 58.6 Å². The van der Waals surface area contributed by atoms with Crippen molar-refractivity contribution in [1.29, 1.82) is 0 Å². The number of aromatic hydroxyl groups is 1. The highest BCUT2D eigenvalue weighted by molar-refractivity contribution is 6.15. The van der Waals surface area contributed by atoms with Crippen LogP contribution in [0.3, 0.4) is 0 Å². The maximum Gasteiger partial charge on any atom is 0.231 e. The van der Waals surface area contributed by atoms with Crippen LogP contribution in [0.15, 0.2) is 42.2 Å². The zero-order valence-electron chi connectivity index (χ0n) is 16.8. The monoisotopic (exact) mass is 411 g/mol. The molecular formula is C22H25N3O5. The standard InChI is InChI=1S/C22H25N3O5/c1-2-23-9-11-24(12-10-23)14-18-19(26)8-7-17-21(27)20(30-22(17)18)13-15-3-5-16(6-4-15)25(28)29/h3-8,13,25-26,28H,2,9-12,14H2,1H3. The molecule has 8 nitrogen and oxygen atoms in total. The Balaban J connectivity index is 1.56. The predicted molar refractivity (Wildman–Crippen MR) is 111 cm³/mol. The molecule has 30 heavy (non-hydrogen) atoms. The Bertz CT molecular complexity index is 963. The normalized spacial score (nSPS) is 19.7. The number of Topliss-reactive ketones (excluding diaryl/α,β-unsaturated/α-hetero) is 1. The van der Waals surface area contributed by atoms with Crippen molar-refractivity contribution in [3.05, 3.63) is 64.1 Å². The Kier molecular flexibility index (Phi) is 5.85. The summed E-state index contributed by atoms with van der Waals surface area (Å²) < 4.78 is 5.89. The Morgan fingerprint density at radius 2 is 1.77 bits per heavy atom. The fraction of sp³-hybridized carbons (Fsp3) is 0.318. The third-order valence-corrected chi connectivity index (χ3v) is 5.67. The van der Waals surface area contributed by atoms with Crippen molar-refractivity contribution in [2.45, 2.75) is 13.5 Å². The first-order valence-electron chi connectivity index (χ1n) is 10.0. The number of piperazine rings is 1. The molecule has 0 aromatic heterocycles. The number of hydrogen-bond donors (Lipinski definition) is 3. The molecule has 2 aliphatic heterocycles. The first-order chi connectivity index (χ1) is 14.5. The smallest absolute Gasteiger partial charge is 0.231 e. The number of allylic oxidation sites excluding steroid dienone is 1. The van der Waals surface area contributed by atoms with Crippen molar-refractivity contribution in [3.63, 3.8) is 0 Å². The van der Waals surface area contributed by atoms with E-state index >= 15 is 0 Å². The Labute approximate surface area is 174 Å². The molecule has 158 valence electrons. The summed E-state index contributed by atoms with van der Waals surface area (Å²) in [5.41, 5.74) is 1.89. The van der Waals surface area contributed by atoms with Crippen molar-refractivity contribution in [1.82, 2.24) is 9.80 Å². The number of rotatable bonds is 5. The molecule has 0 bridgehead atoms. The molecular weight excluding hydrogens is 386 g/mol. The lowest BCUT2D eigenvalue weighted by molar-refractivity contribution is -0.991. The van der Waals surface area contributed by atoms with Gasteiger partial charge in [-0.3, -0.25) is 9.69 Å². The second-order valence-electron chi connectivity index (χ2n) is 7.52. The molecule has 2 aliphatic rings. The van der Waals surface area contributed by atoms with Gasteiger partial charge in [0.1, 0.15) is 11.5 Å². The van der Waals surface area contributed by atoms with Gasteiger partial charge in [0.2, 0.25) is 5.78 Å². The minimum atomic E-state index is -1.00. The molecule has 8 heteroatoms. The SMILES string of the molecule is CCN1CCN(Cc2c(O)ccc3c2OC(=Cc2ccc([NH+]([O-])O)cc2)C3=O)CC1. The number of nitrogens with one attached hydrogen (secondary N) is 1. The number of quaternary nitrogens is 1. The van der Waals surface area contributed by atoms with E-state index in [4.69, 9.17) is 9.94 Å². The van der Waals surface area contributed by atoms with Gasteiger partial charge in [-0.15, -0.1) is 0 Å². The largest absolute Gasteiger partial charge is 0.595 e. The fourth-order valence-corrected chi connectivity index (χ4v) is 3.81. The molecule has 0 saturated carbocycles. The molecule has 4 rings (SSSR count). The van der Waals surface area contributed by atoms with Crippen LogP contribution in [0.4, 0.5) is 5.69 Å². The van der Waals surface area contributed by atoms with Gasteiger partial charge in [-0.1, -0.05) is 6.92 Å². The highest BCUT2D eigenvalue weighted by Gasteiger charge is 2.32. The molecule has 1 atom stereocenters. The summed E-state index contributed by atoms with van der Waals surface area (Å²) in [6.45, 7) is 7.42. The van der Waals surface area contributed by atoms with E-state index < -0.39 is 5.23 Å². The van der Waals surface area contributed by atoms with E-state index in [0.29, 0.717) is 29.0 Å². The van der Waals surface area contributed by atoms with Crippen LogP contribution in [0.25, 0.3) is 6.08 Å². The molecule has 2 aromatic carbocycles. The zero-order chi connectivity index (χ0) is 21.3. The van der Waals surface area contributed by atoms with Crippen molar-refractivity contribution < 1.29 is 25.1 Å². The maximum atomic E-state index is 12.8. The number of hydrogen-bond acceptors (Lipinski definition) is 7. The number of ketones is 1. The van der Waals surface area contributed by atoms with Crippen molar-refractivity contribution in [2.24, 2.45) is 0 Å². The van der Waals surface area contributed by atoms with Gasteiger partial charge in [-0.05, 0) is 42.4 Å². The number of phenolic OH excluding ortho intramolecular Hbond substituents is 1. The van der Waals surface area contributed by atoms with Crippen LogP contribution in [0.2, 0.25) is 0 Å². The molecule has 0 spiro atoms. The number of carbonyl (C=O) groups excluding carboxylic acids is 1. The van der Waals surface area contributed by atoms with Crippen LogP contribution in [0.1, 0.15) is 28.4 Å². The Hall–Kier alpha value is -2.75. The molecule has 1 fully saturated rings. The number of likely N-dealkylation sites (N-methyl/N-ethyl adjacent to an activating group) is 1. The third kappa shape index (κ3) is 4.09. The van der Waals surface area contributed by atoms with E-state index in [2.05, 4.69) is 16.7 Å². The highest BCUT2D eigenvalue weighted by atomic mass is 16.8. The predicted octanol–water partition coefficient (Wildman–Crippen LogP) is 1.55. The highest BCUT2D eigenvalue weighted by Crippen LogP contribution is 2.40. The van der Waals surface area contributed by atoms with Crippen molar-refractivity contribution >= 4 is 17.5 Å². The van der Waals surface area contributed by atoms with E-state index in [9.17, 15) is 15.1 Å². The maximum absolute atomic E-state index is 12.8. The first kappa shape index (κ1) is 20.5. The lowest BCUT2D eigenvalue weighted by Gasteiger charge is -2.34. The van der Waals surface area contributed by atoms with Crippen molar-refractivity contribution in [3.8, 4) is 11.5 Å². The van der Waals surface area contributed by atoms with Crippen LogP contribution in [-0.2, 0) is 6.54 Å². The minimum Gasteiger partial charge on any atom is -0.595 e. The summed E-state index contributed by atoms with van der Waals surface area (Å²) in [4.78, 5) is 17.5. The Morgan fingerprint density at radius 1 is 1.10 bits per heavy atom. The summed E-state index contributed by atoms with van der Waals surface area (Å²) in [5, 5.41) is 29.5. The van der Waals surface area contributed by atoms with Crippen LogP contribution < -0.4 is 9.96 Å². The van der Waals surface area contributed by atoms with Crippen LogP contribution in [0.5, 0.6) is 11.5 Å². The van der Waals surface area contributed by atoms with E-state index in [1.165, 1.54) is 12.1 Å². The van der Waals surface area contributed by atoms with Crippen LogP contribution >= 0.6 is 0 Å². The fourth-order valence-electron chi connectivity index (χ4n) is 3.81. The minimum absolute atomic E-state index is 0.117. The number of benzene rings is 2. The van der Waals surface area contributed by atoms with E-state index in [-0.39, 0.29) is 23.0 Å². The number of phenols is 1. The van der Waals surface area contributed by atoms with Gasteiger partial charge in [0.15, 0.2) is 11.4 Å². The van der Waals surface area contributed by atoms with E-state index in [0.717, 1.165) is 32.7 Å². The molecule has 1 saturated heterocycles. The van der Waals surface area contributed by atoms with Gasteiger partial charge in [0.25, 0.3) is 0 Å². The number of fused-ring (bicyclic) bond motifs is 1. The number of carbonyl (C=O) groups is 1. The van der Waals surface area contributed by atoms with Crippen molar-refractivity contribution in [2.75, 3.05) is 32.7 Å². The van der Waals surface area contributed by atoms with Gasteiger partial charge < -0.3 is 20.0 Å². The second kappa shape index (κ2) is 8.55. The number of nitrogens with zero attached hydrogens (tertiary/aromatic N) is 2. The van der Waals surface area contributed by atoms with Crippen LogP contribution in [0, 0.1) is 5.21 Å². The lowest BCUT2D eigenvalue weighted by Crippen LogP contribution is -2.99. The average Bonchev–Trinajstić information content (AvgIpc) is 3.06. The quantitative estimate of drug-likeness (QED) is 0.507. The summed E-state index contributed by atoms with van der Waals surface area (Å²) in [6, 6.07) is 9.34. The second-order valence-corrected chi connectivity index (χ2v) is 7.52. The summed E-state index contributed by atoms with van der Waals surface area (Å²) in [5.74, 6) is 0.443. The molecule has 3 N–H and O–H groups in total. The van der Waals surface area contributed by atoms with E-state index in [1.807, 2.05) is 0 Å². The molecule has 2 aromatic rings. The molecule has 0 aliphatic carbocycles. The third-order valence-electron chi connectivity index (χ3n) is 5.67. The van der Waals surface area contributed by atoms with Gasteiger partial charge in [-0.25, -0.2) is 5.21 Å².